The van der Waals surface area contributed by atoms with E-state index in [4.69, 9.17) is 16.3 Å². The third kappa shape index (κ3) is 3.86. The average molecular weight is 422 g/mol. The lowest BCUT2D eigenvalue weighted by atomic mass is 9.92. The van der Waals surface area contributed by atoms with Crippen LogP contribution in [0, 0.1) is 0 Å². The molecule has 0 radical (unpaired) electrons. The monoisotopic (exact) mass is 421 g/mol. The molecule has 7 heteroatoms. The van der Waals surface area contributed by atoms with E-state index < -0.39 is 0 Å². The lowest BCUT2D eigenvalue weighted by Crippen LogP contribution is -2.41. The van der Waals surface area contributed by atoms with Crippen molar-refractivity contribution < 1.29 is 14.3 Å². The Kier molecular flexibility index (Phi) is 5.68. The quantitative estimate of drug-likeness (QED) is 0.344. The molecule has 0 atom stereocenters. The van der Waals surface area contributed by atoms with Gasteiger partial charge in [0.25, 0.3) is 11.8 Å². The number of aromatic nitrogens is 2. The van der Waals surface area contributed by atoms with Crippen LogP contribution in [0.1, 0.15) is 27.0 Å². The maximum atomic E-state index is 13.3. The first kappa shape index (κ1) is 19.9. The number of ether oxygens (including phenoxy) is 1. The maximum absolute atomic E-state index is 13.3. The number of amides is 2. The van der Waals surface area contributed by atoms with Gasteiger partial charge in [0.15, 0.2) is 0 Å². The lowest BCUT2D eigenvalue weighted by Gasteiger charge is -2.28. The number of benzene rings is 2. The Hall–Kier alpha value is -3.38. The predicted molar refractivity (Wildman–Crippen MR) is 115 cm³/mol. The maximum Gasteiger partial charge on any atom is 0.261 e. The average Bonchev–Trinajstić information content (AvgIpc) is 3.22. The largest absolute Gasteiger partial charge is 0.497 e. The first-order valence-corrected chi connectivity index (χ1v) is 10.0. The van der Waals surface area contributed by atoms with Crippen LogP contribution in [0.25, 0.3) is 11.6 Å². The Morgan fingerprint density at radius 1 is 1.03 bits per heavy atom. The van der Waals surface area contributed by atoms with Gasteiger partial charge in [-0.3, -0.25) is 19.2 Å². The number of nitrogens with zero attached hydrogens (tertiary/aromatic N) is 3. The summed E-state index contributed by atoms with van der Waals surface area (Å²) in [5.74, 6) is 0.528. The fraction of sp³-hybridized carbons (Fsp3) is 0.174. The van der Waals surface area contributed by atoms with Crippen molar-refractivity contribution >= 4 is 35.1 Å². The number of carbonyl (C=O) groups excluding carboxylic acids is 2. The highest BCUT2D eigenvalue weighted by Crippen LogP contribution is 2.31. The van der Waals surface area contributed by atoms with Crippen LogP contribution in [-0.4, -0.2) is 39.5 Å². The van der Waals surface area contributed by atoms with E-state index in [-0.39, 0.29) is 18.4 Å². The third-order valence-electron chi connectivity index (χ3n) is 4.95. The summed E-state index contributed by atoms with van der Waals surface area (Å²) in [6.45, 7) is 0.760. The van der Waals surface area contributed by atoms with Gasteiger partial charge in [0.2, 0.25) is 0 Å². The zero-order valence-corrected chi connectivity index (χ0v) is 17.2. The van der Waals surface area contributed by atoms with Crippen molar-refractivity contribution in [2.45, 2.75) is 13.1 Å². The molecular formula is C23H20ClN3O3. The van der Waals surface area contributed by atoms with E-state index >= 15 is 0 Å². The molecule has 0 saturated carbocycles. The first-order valence-electron chi connectivity index (χ1n) is 9.49. The normalized spacial score (nSPS) is 14.9. The van der Waals surface area contributed by atoms with Crippen LogP contribution >= 0.6 is 11.6 Å². The highest BCUT2D eigenvalue weighted by Gasteiger charge is 2.34. The standard InChI is InChI=1S/C23H20ClN3O3/c1-30-18-8-6-16(7-9-18)15-27-22(28)20-5-3-2-4-19(20)21(23(27)29)12-17-13-25-26(14-17)11-10-24/h2-9,12-14H,10-11,15H2,1H3. The van der Waals surface area contributed by atoms with E-state index in [0.29, 0.717) is 29.1 Å². The molecule has 1 aliphatic heterocycles. The smallest absolute Gasteiger partial charge is 0.261 e. The van der Waals surface area contributed by atoms with Gasteiger partial charge in [-0.1, -0.05) is 30.3 Å². The Morgan fingerprint density at radius 3 is 2.47 bits per heavy atom. The van der Waals surface area contributed by atoms with Crippen LogP contribution < -0.4 is 4.74 Å². The molecule has 0 unspecified atom stereocenters. The number of hydrogen-bond donors (Lipinski definition) is 0. The highest BCUT2D eigenvalue weighted by atomic mass is 35.5. The van der Waals surface area contributed by atoms with Gasteiger partial charge in [-0.05, 0) is 35.4 Å². The van der Waals surface area contributed by atoms with Crippen LogP contribution in [-0.2, 0) is 17.9 Å². The zero-order chi connectivity index (χ0) is 21.1. The molecule has 2 heterocycles. The predicted octanol–water partition coefficient (Wildman–Crippen LogP) is 3.85. The van der Waals surface area contributed by atoms with Crippen molar-refractivity contribution in [2.75, 3.05) is 13.0 Å². The second-order valence-electron chi connectivity index (χ2n) is 6.87. The molecule has 0 saturated heterocycles. The van der Waals surface area contributed by atoms with Gasteiger partial charge in [0.1, 0.15) is 5.75 Å². The summed E-state index contributed by atoms with van der Waals surface area (Å²) in [5.41, 5.74) is 3.21. The Labute approximate surface area is 179 Å². The number of carbonyl (C=O) groups is 2. The Morgan fingerprint density at radius 2 is 1.77 bits per heavy atom. The molecule has 152 valence electrons. The van der Waals surface area contributed by atoms with E-state index in [1.165, 1.54) is 4.90 Å². The molecule has 0 bridgehead atoms. The van der Waals surface area contributed by atoms with Gasteiger partial charge in [-0.25, -0.2) is 0 Å². The minimum atomic E-state index is -0.334. The van der Waals surface area contributed by atoms with E-state index in [1.54, 1.807) is 42.3 Å². The first-order chi connectivity index (χ1) is 14.6. The van der Waals surface area contributed by atoms with Crippen LogP contribution in [0.2, 0.25) is 0 Å². The van der Waals surface area contributed by atoms with Gasteiger partial charge in [-0.2, -0.15) is 5.10 Å². The van der Waals surface area contributed by atoms with E-state index in [9.17, 15) is 9.59 Å². The highest BCUT2D eigenvalue weighted by molar-refractivity contribution is 6.33. The van der Waals surface area contributed by atoms with E-state index in [1.807, 2.05) is 36.5 Å². The molecule has 0 aliphatic carbocycles. The van der Waals surface area contributed by atoms with E-state index in [0.717, 1.165) is 16.9 Å². The van der Waals surface area contributed by atoms with Crippen LogP contribution in [0.15, 0.2) is 60.9 Å². The number of halogens is 1. The SMILES string of the molecule is COc1ccc(CN2C(=O)C(=Cc3cnn(CCCl)c3)c3ccccc3C2=O)cc1. The van der Waals surface area contributed by atoms with Crippen molar-refractivity contribution in [2.24, 2.45) is 0 Å². The summed E-state index contributed by atoms with van der Waals surface area (Å²) in [6, 6.07) is 14.5. The molecule has 2 amide bonds. The van der Waals surface area contributed by atoms with Crippen molar-refractivity contribution in [3.05, 3.63) is 83.2 Å². The Balaban J connectivity index is 1.71. The number of hydrogen-bond acceptors (Lipinski definition) is 4. The second kappa shape index (κ2) is 8.55. The molecular weight excluding hydrogens is 402 g/mol. The third-order valence-corrected chi connectivity index (χ3v) is 5.11. The lowest BCUT2D eigenvalue weighted by molar-refractivity contribution is -0.123. The zero-order valence-electron chi connectivity index (χ0n) is 16.4. The number of rotatable bonds is 6. The molecule has 4 rings (SSSR count). The van der Waals surface area contributed by atoms with Crippen LogP contribution in [0.5, 0.6) is 5.75 Å². The molecule has 0 fully saturated rings. The van der Waals surface area contributed by atoms with Crippen molar-refractivity contribution in [1.82, 2.24) is 14.7 Å². The molecule has 2 aromatic carbocycles. The van der Waals surface area contributed by atoms with Crippen molar-refractivity contribution in [3.63, 3.8) is 0 Å². The summed E-state index contributed by atoms with van der Waals surface area (Å²) in [4.78, 5) is 27.7. The van der Waals surface area contributed by atoms with Crippen molar-refractivity contribution in [3.8, 4) is 5.75 Å². The molecule has 3 aromatic rings. The van der Waals surface area contributed by atoms with E-state index in [2.05, 4.69) is 5.10 Å². The number of fused-ring (bicyclic) bond motifs is 1. The molecule has 0 spiro atoms. The van der Waals surface area contributed by atoms with Crippen molar-refractivity contribution in [1.29, 1.82) is 0 Å². The molecule has 30 heavy (non-hydrogen) atoms. The summed E-state index contributed by atoms with van der Waals surface area (Å²) < 4.78 is 6.90. The fourth-order valence-corrected chi connectivity index (χ4v) is 3.60. The molecule has 1 aromatic heterocycles. The van der Waals surface area contributed by atoms with Gasteiger partial charge in [0, 0.05) is 28.8 Å². The fourth-order valence-electron chi connectivity index (χ4n) is 3.43. The molecule has 1 aliphatic rings. The van der Waals surface area contributed by atoms with Gasteiger partial charge >= 0.3 is 0 Å². The number of methoxy groups -OCH3 is 1. The number of imide groups is 1. The molecule has 0 N–H and O–H groups in total. The second-order valence-corrected chi connectivity index (χ2v) is 7.25. The molecule has 6 nitrogen and oxygen atoms in total. The summed E-state index contributed by atoms with van der Waals surface area (Å²) in [7, 11) is 1.59. The van der Waals surface area contributed by atoms with Gasteiger partial charge in [0.05, 0.1) is 26.4 Å². The van der Waals surface area contributed by atoms with Crippen LogP contribution in [0.4, 0.5) is 0 Å². The summed E-state index contributed by atoms with van der Waals surface area (Å²) in [6.07, 6.45) is 5.28. The topological polar surface area (TPSA) is 64.4 Å². The minimum absolute atomic E-state index is 0.179. The summed E-state index contributed by atoms with van der Waals surface area (Å²) >= 11 is 5.78. The number of alkyl halides is 1. The number of aryl methyl sites for hydroxylation is 1. The van der Waals surface area contributed by atoms with Gasteiger partial charge in [-0.15, -0.1) is 11.6 Å². The minimum Gasteiger partial charge on any atom is -0.497 e. The Bertz CT molecular complexity index is 1120. The summed E-state index contributed by atoms with van der Waals surface area (Å²) in [5, 5.41) is 4.25. The van der Waals surface area contributed by atoms with Crippen LogP contribution in [0.3, 0.4) is 0 Å². The van der Waals surface area contributed by atoms with Gasteiger partial charge < -0.3 is 4.74 Å².